The lowest BCUT2D eigenvalue weighted by Gasteiger charge is -2.11. The van der Waals surface area contributed by atoms with Crippen LogP contribution in [0.15, 0.2) is 47.6 Å². The molecule has 0 aliphatic carbocycles. The summed E-state index contributed by atoms with van der Waals surface area (Å²) < 4.78 is 11.0. The van der Waals surface area contributed by atoms with Gasteiger partial charge in [0, 0.05) is 0 Å². The van der Waals surface area contributed by atoms with Gasteiger partial charge >= 0.3 is 0 Å². The van der Waals surface area contributed by atoms with Crippen LogP contribution in [0.2, 0.25) is 0 Å². The minimum Gasteiger partial charge on any atom is -0.496 e. The minimum absolute atomic E-state index is 0.273. The number of ether oxygens (including phenoxy) is 2. The van der Waals surface area contributed by atoms with Crippen molar-refractivity contribution < 1.29 is 14.3 Å². The van der Waals surface area contributed by atoms with Crippen molar-refractivity contribution >= 4 is 5.84 Å². The summed E-state index contributed by atoms with van der Waals surface area (Å²) in [5.41, 5.74) is 8.82. The van der Waals surface area contributed by atoms with E-state index in [-0.39, 0.29) is 5.84 Å². The van der Waals surface area contributed by atoms with E-state index in [0.29, 0.717) is 24.5 Å². The highest BCUT2D eigenvalue weighted by molar-refractivity contribution is 5.99. The van der Waals surface area contributed by atoms with E-state index in [9.17, 15) is 0 Å². The van der Waals surface area contributed by atoms with Crippen LogP contribution < -0.4 is 15.2 Å². The van der Waals surface area contributed by atoms with Gasteiger partial charge in [-0.2, -0.15) is 0 Å². The van der Waals surface area contributed by atoms with E-state index in [2.05, 4.69) is 5.16 Å². The predicted octanol–water partition coefficient (Wildman–Crippen LogP) is 3.03. The minimum atomic E-state index is 0.273. The van der Waals surface area contributed by atoms with Gasteiger partial charge in [-0.3, -0.25) is 0 Å². The summed E-state index contributed by atoms with van der Waals surface area (Å²) in [6, 6.07) is 13.4. The molecule has 2 aromatic carbocycles. The zero-order chi connectivity index (χ0) is 16.7. The molecule has 5 nitrogen and oxygen atoms in total. The molecule has 0 aliphatic heterocycles. The highest BCUT2D eigenvalue weighted by atomic mass is 16.6. The van der Waals surface area contributed by atoms with Crippen LogP contribution in [0.1, 0.15) is 16.7 Å². The van der Waals surface area contributed by atoms with Crippen molar-refractivity contribution in [2.45, 2.75) is 13.8 Å². The summed E-state index contributed by atoms with van der Waals surface area (Å²) in [4.78, 5) is 5.23. The molecule has 122 valence electrons. The lowest BCUT2D eigenvalue weighted by Crippen LogP contribution is -2.16. The summed E-state index contributed by atoms with van der Waals surface area (Å²) in [5, 5.41) is 3.91. The summed E-state index contributed by atoms with van der Waals surface area (Å²) in [6.45, 7) is 4.74. The topological polar surface area (TPSA) is 66.1 Å². The van der Waals surface area contributed by atoms with Crippen LogP contribution >= 0.6 is 0 Å². The fourth-order valence-electron chi connectivity index (χ4n) is 2.23. The van der Waals surface area contributed by atoms with Gasteiger partial charge in [-0.15, -0.1) is 0 Å². The lowest BCUT2D eigenvalue weighted by atomic mass is 10.1. The third-order valence-electron chi connectivity index (χ3n) is 3.38. The quantitative estimate of drug-likeness (QED) is 0.369. The first-order chi connectivity index (χ1) is 11.1. The van der Waals surface area contributed by atoms with E-state index in [1.165, 1.54) is 0 Å². The smallest absolute Gasteiger partial charge is 0.174 e. The van der Waals surface area contributed by atoms with Gasteiger partial charge in [-0.25, -0.2) is 0 Å². The lowest BCUT2D eigenvalue weighted by molar-refractivity contribution is 0.106. The first-order valence-corrected chi connectivity index (χ1v) is 7.41. The molecule has 0 bridgehead atoms. The first kappa shape index (κ1) is 16.7. The molecular formula is C18H22N2O3. The van der Waals surface area contributed by atoms with E-state index in [0.717, 1.165) is 16.9 Å². The third-order valence-corrected chi connectivity index (χ3v) is 3.38. The maximum atomic E-state index is 5.92. The van der Waals surface area contributed by atoms with E-state index in [4.69, 9.17) is 20.0 Å². The molecule has 0 saturated carbocycles. The molecule has 0 saturated heterocycles. The number of nitrogens with zero attached hydrogens (tertiary/aromatic N) is 1. The molecule has 0 amide bonds. The maximum absolute atomic E-state index is 5.92. The number of amidine groups is 1. The van der Waals surface area contributed by atoms with Gasteiger partial charge in [-0.05, 0) is 37.1 Å². The molecular weight excluding hydrogens is 292 g/mol. The normalized spacial score (nSPS) is 11.2. The Morgan fingerprint density at radius 2 is 1.70 bits per heavy atom. The number of benzene rings is 2. The van der Waals surface area contributed by atoms with Crippen LogP contribution in [-0.2, 0) is 4.84 Å². The maximum Gasteiger partial charge on any atom is 0.174 e. The molecule has 23 heavy (non-hydrogen) atoms. The second kappa shape index (κ2) is 8.08. The highest BCUT2D eigenvalue weighted by Crippen LogP contribution is 2.22. The summed E-state index contributed by atoms with van der Waals surface area (Å²) >= 11 is 0. The average Bonchev–Trinajstić information content (AvgIpc) is 2.56. The van der Waals surface area contributed by atoms with Crippen molar-refractivity contribution in [1.82, 2.24) is 0 Å². The summed E-state index contributed by atoms with van der Waals surface area (Å²) in [6.07, 6.45) is 0. The zero-order valence-electron chi connectivity index (χ0n) is 13.7. The largest absolute Gasteiger partial charge is 0.496 e. The molecule has 2 aromatic rings. The molecule has 0 radical (unpaired) electrons. The second-order valence-electron chi connectivity index (χ2n) is 5.08. The highest BCUT2D eigenvalue weighted by Gasteiger charge is 2.06. The van der Waals surface area contributed by atoms with E-state index in [1.54, 1.807) is 7.11 Å². The Hall–Kier alpha value is -2.69. The molecule has 5 heteroatoms. The van der Waals surface area contributed by atoms with Crippen LogP contribution in [0.4, 0.5) is 0 Å². The predicted molar refractivity (Wildman–Crippen MR) is 91.1 cm³/mol. The zero-order valence-corrected chi connectivity index (χ0v) is 13.7. The van der Waals surface area contributed by atoms with Crippen LogP contribution in [0.3, 0.4) is 0 Å². The van der Waals surface area contributed by atoms with Gasteiger partial charge in [-0.1, -0.05) is 35.5 Å². The average molecular weight is 314 g/mol. The molecule has 0 aliphatic rings. The van der Waals surface area contributed by atoms with Gasteiger partial charge in [0.25, 0.3) is 0 Å². The number of methoxy groups -OCH3 is 1. The number of aryl methyl sites for hydroxylation is 2. The number of nitrogens with two attached hydrogens (primary N) is 1. The van der Waals surface area contributed by atoms with Crippen molar-refractivity contribution in [3.05, 3.63) is 59.2 Å². The van der Waals surface area contributed by atoms with Gasteiger partial charge in [0.15, 0.2) is 12.4 Å². The molecule has 0 atom stereocenters. The van der Waals surface area contributed by atoms with Crippen LogP contribution in [-0.4, -0.2) is 26.2 Å². The number of rotatable bonds is 7. The summed E-state index contributed by atoms with van der Waals surface area (Å²) in [5.74, 6) is 1.82. The number of hydrogen-bond acceptors (Lipinski definition) is 4. The number of hydrogen-bond donors (Lipinski definition) is 1. The molecule has 0 unspecified atom stereocenters. The monoisotopic (exact) mass is 314 g/mol. The van der Waals surface area contributed by atoms with Gasteiger partial charge in [0.2, 0.25) is 0 Å². The van der Waals surface area contributed by atoms with Crippen molar-refractivity contribution in [2.24, 2.45) is 10.9 Å². The number of para-hydroxylation sites is 2. The fourth-order valence-corrected chi connectivity index (χ4v) is 2.23. The Bertz CT molecular complexity index is 663. The van der Waals surface area contributed by atoms with Gasteiger partial charge in [0.1, 0.15) is 18.1 Å². The molecule has 0 spiro atoms. The van der Waals surface area contributed by atoms with Crippen LogP contribution in [0.5, 0.6) is 11.5 Å². The Kier molecular flexibility index (Phi) is 5.86. The molecule has 0 heterocycles. The van der Waals surface area contributed by atoms with Crippen molar-refractivity contribution in [2.75, 3.05) is 20.3 Å². The number of oxime groups is 1. The van der Waals surface area contributed by atoms with Gasteiger partial charge < -0.3 is 20.0 Å². The SMILES string of the molecule is COc1ccccc1/C(N)=N/OCCOc1c(C)cccc1C. The molecule has 2 N–H and O–H groups in total. The van der Waals surface area contributed by atoms with Crippen LogP contribution in [0.25, 0.3) is 0 Å². The Morgan fingerprint density at radius 1 is 1.00 bits per heavy atom. The van der Waals surface area contributed by atoms with Crippen molar-refractivity contribution in [3.8, 4) is 11.5 Å². The molecule has 0 fully saturated rings. The Labute approximate surface area is 136 Å². The molecule has 0 aromatic heterocycles. The third kappa shape index (κ3) is 4.39. The Morgan fingerprint density at radius 3 is 2.39 bits per heavy atom. The van der Waals surface area contributed by atoms with E-state index in [1.807, 2.05) is 56.3 Å². The van der Waals surface area contributed by atoms with Gasteiger partial charge in [0.05, 0.1) is 12.7 Å². The van der Waals surface area contributed by atoms with E-state index >= 15 is 0 Å². The summed E-state index contributed by atoms with van der Waals surface area (Å²) in [7, 11) is 1.59. The van der Waals surface area contributed by atoms with E-state index < -0.39 is 0 Å². The fraction of sp³-hybridized carbons (Fsp3) is 0.278. The van der Waals surface area contributed by atoms with Crippen LogP contribution in [0, 0.1) is 13.8 Å². The first-order valence-electron chi connectivity index (χ1n) is 7.41. The second-order valence-corrected chi connectivity index (χ2v) is 5.08. The van der Waals surface area contributed by atoms with Crippen molar-refractivity contribution in [3.63, 3.8) is 0 Å². The van der Waals surface area contributed by atoms with Crippen molar-refractivity contribution in [1.29, 1.82) is 0 Å². The molecule has 2 rings (SSSR count). The Balaban J connectivity index is 1.87. The standard InChI is InChI=1S/C18H22N2O3/c1-13-7-6-8-14(2)17(13)22-11-12-23-20-18(19)15-9-4-5-10-16(15)21-3/h4-10H,11-12H2,1-3H3,(H2,19,20).